The zero-order valence-electron chi connectivity index (χ0n) is 17.6. The molecule has 1 heterocycles. The summed E-state index contributed by atoms with van der Waals surface area (Å²) in [6.07, 6.45) is -3.35. The number of halogens is 3. The third kappa shape index (κ3) is 4.09. The fourth-order valence-corrected chi connectivity index (χ4v) is 4.38. The number of aliphatic hydroxyl groups is 1. The predicted octanol–water partition coefficient (Wildman–Crippen LogP) is 5.68. The summed E-state index contributed by atoms with van der Waals surface area (Å²) in [5, 5.41) is 9.39. The average Bonchev–Trinajstić information content (AvgIpc) is 3.49. The fraction of sp³-hybridized carbons (Fsp3) is 0.269. The molecular weight excluding hydrogens is 433 g/mol. The molecule has 0 radical (unpaired) electrons. The number of Topliss-reactive ketones (excluding diaryl/α,β-unsaturated/α-hetero) is 1. The van der Waals surface area contributed by atoms with Crippen LogP contribution in [0.2, 0.25) is 0 Å². The van der Waals surface area contributed by atoms with E-state index in [9.17, 15) is 23.1 Å². The minimum absolute atomic E-state index is 0. The highest BCUT2D eigenvalue weighted by atomic mass is 19.4. The maximum atomic E-state index is 13.6. The molecule has 1 aliphatic carbocycles. The molecule has 0 spiro atoms. The molecule has 0 atom stereocenters. The van der Waals surface area contributed by atoms with Crippen LogP contribution in [0.1, 0.15) is 36.5 Å². The molecule has 7 heteroatoms. The number of carbonyl (C=O) groups excluding carboxylic acids is 1. The van der Waals surface area contributed by atoms with Gasteiger partial charge in [0.2, 0.25) is 6.79 Å². The summed E-state index contributed by atoms with van der Waals surface area (Å²) in [6.45, 7) is -0.0829. The molecule has 3 aromatic rings. The van der Waals surface area contributed by atoms with Gasteiger partial charge in [0.15, 0.2) is 11.5 Å². The third-order valence-corrected chi connectivity index (χ3v) is 6.34. The van der Waals surface area contributed by atoms with Crippen LogP contribution < -0.4 is 9.47 Å². The zero-order chi connectivity index (χ0) is 23.2. The summed E-state index contributed by atoms with van der Waals surface area (Å²) in [7, 11) is 0. The van der Waals surface area contributed by atoms with Crippen LogP contribution in [0, 0.1) is 0 Å². The summed E-state index contributed by atoms with van der Waals surface area (Å²) >= 11 is 0. The van der Waals surface area contributed by atoms with Crippen LogP contribution in [0.4, 0.5) is 13.2 Å². The Morgan fingerprint density at radius 3 is 2.42 bits per heavy atom. The molecule has 33 heavy (non-hydrogen) atoms. The molecule has 5 rings (SSSR count). The lowest BCUT2D eigenvalue weighted by Crippen LogP contribution is -2.22. The van der Waals surface area contributed by atoms with Crippen molar-refractivity contribution < 1.29 is 34.0 Å². The number of hydrogen-bond donors (Lipinski definition) is 1. The molecule has 0 aromatic heterocycles. The Labute approximate surface area is 190 Å². The Hall–Kier alpha value is -3.32. The monoisotopic (exact) mass is 456 g/mol. The smallest absolute Gasteiger partial charge is 0.416 e. The van der Waals surface area contributed by atoms with Crippen molar-refractivity contribution in [3.63, 3.8) is 0 Å². The molecule has 0 saturated heterocycles. The van der Waals surface area contributed by atoms with Crippen molar-refractivity contribution in [1.29, 1.82) is 0 Å². The number of ether oxygens (including phenoxy) is 2. The summed E-state index contributed by atoms with van der Waals surface area (Å²) in [4.78, 5) is 13.3. The second-order valence-corrected chi connectivity index (χ2v) is 8.52. The maximum Gasteiger partial charge on any atom is 0.416 e. The molecule has 172 valence electrons. The predicted molar refractivity (Wildman–Crippen MR) is 117 cm³/mol. The number of alkyl halides is 3. The minimum atomic E-state index is -4.54. The van der Waals surface area contributed by atoms with E-state index in [1.165, 1.54) is 0 Å². The van der Waals surface area contributed by atoms with Crippen molar-refractivity contribution in [3.8, 4) is 22.6 Å². The van der Waals surface area contributed by atoms with Crippen LogP contribution in [0.25, 0.3) is 11.1 Å². The Kier molecular flexibility index (Phi) is 5.16. The number of rotatable bonds is 6. The molecule has 4 nitrogen and oxygen atoms in total. The first-order chi connectivity index (χ1) is 15.8. The Morgan fingerprint density at radius 1 is 0.939 bits per heavy atom. The van der Waals surface area contributed by atoms with Gasteiger partial charge in [-0.3, -0.25) is 4.79 Å². The highest BCUT2D eigenvalue weighted by molar-refractivity contribution is 5.95. The summed E-state index contributed by atoms with van der Waals surface area (Å²) in [6, 6.07) is 15.9. The SMILES string of the molecule is O=C(Cc1cc(-c2cccc(CO)c2)cc(C(F)(F)F)c1)C1(c2ccc3c(c2)OCO3)CC1.[HH]. The lowest BCUT2D eigenvalue weighted by molar-refractivity contribution is -0.137. The van der Waals surface area contributed by atoms with Gasteiger partial charge in [0, 0.05) is 7.85 Å². The van der Waals surface area contributed by atoms with Crippen LogP contribution in [0.15, 0.2) is 60.7 Å². The molecule has 3 aromatic carbocycles. The van der Waals surface area contributed by atoms with E-state index in [1.54, 1.807) is 42.5 Å². The summed E-state index contributed by atoms with van der Waals surface area (Å²) in [5.74, 6) is 1.09. The van der Waals surface area contributed by atoms with Crippen molar-refractivity contribution >= 4 is 5.78 Å². The van der Waals surface area contributed by atoms with E-state index in [0.29, 0.717) is 46.6 Å². The number of fused-ring (bicyclic) bond motifs is 1. The van der Waals surface area contributed by atoms with Gasteiger partial charge in [-0.25, -0.2) is 0 Å². The number of benzene rings is 3. The molecule has 1 aliphatic heterocycles. The van der Waals surface area contributed by atoms with Gasteiger partial charge in [-0.15, -0.1) is 0 Å². The maximum absolute atomic E-state index is 13.6. The van der Waals surface area contributed by atoms with Gasteiger partial charge in [-0.1, -0.05) is 30.3 Å². The van der Waals surface area contributed by atoms with Crippen LogP contribution in [-0.4, -0.2) is 17.7 Å². The molecule has 1 N–H and O–H groups in total. The topological polar surface area (TPSA) is 55.8 Å². The number of ketones is 1. The van der Waals surface area contributed by atoms with E-state index >= 15 is 0 Å². The minimum Gasteiger partial charge on any atom is -0.454 e. The normalized spacial score (nSPS) is 16.0. The van der Waals surface area contributed by atoms with Crippen molar-refractivity contribution in [2.45, 2.75) is 37.5 Å². The number of hydrogen-bond acceptors (Lipinski definition) is 4. The number of aliphatic hydroxyl groups excluding tert-OH is 1. The van der Waals surface area contributed by atoms with Gasteiger partial charge in [-0.2, -0.15) is 13.2 Å². The van der Waals surface area contributed by atoms with Crippen molar-refractivity contribution in [2.24, 2.45) is 0 Å². The van der Waals surface area contributed by atoms with E-state index < -0.39 is 17.2 Å². The average molecular weight is 456 g/mol. The first-order valence-electron chi connectivity index (χ1n) is 10.6. The Balaban J connectivity index is 0.00000274. The lowest BCUT2D eigenvalue weighted by Gasteiger charge is -2.17. The third-order valence-electron chi connectivity index (χ3n) is 6.34. The second kappa shape index (κ2) is 7.92. The summed E-state index contributed by atoms with van der Waals surface area (Å²) in [5.41, 5.74) is 1.12. The van der Waals surface area contributed by atoms with E-state index in [4.69, 9.17) is 9.47 Å². The van der Waals surface area contributed by atoms with Crippen LogP contribution in [-0.2, 0) is 29.4 Å². The Bertz CT molecular complexity index is 1230. The first kappa shape index (κ1) is 21.5. The van der Waals surface area contributed by atoms with Gasteiger partial charge < -0.3 is 14.6 Å². The van der Waals surface area contributed by atoms with Crippen LogP contribution in [0.3, 0.4) is 0 Å². The zero-order valence-corrected chi connectivity index (χ0v) is 17.6. The van der Waals surface area contributed by atoms with Crippen LogP contribution >= 0.6 is 0 Å². The molecule has 2 aliphatic rings. The first-order valence-corrected chi connectivity index (χ1v) is 10.6. The van der Waals surface area contributed by atoms with Crippen molar-refractivity contribution in [1.82, 2.24) is 0 Å². The quantitative estimate of drug-likeness (QED) is 0.518. The lowest BCUT2D eigenvalue weighted by atomic mass is 9.86. The largest absolute Gasteiger partial charge is 0.454 e. The van der Waals surface area contributed by atoms with Gasteiger partial charge in [-0.05, 0) is 71.0 Å². The molecule has 0 bridgehead atoms. The standard InChI is InChI=1S/C26H21F3O4.H2/c27-26(28,29)21-10-17(9-19(12-21)18-3-1-2-16(8-18)14-30)11-24(31)25(6-7-25)20-4-5-22-23(13-20)33-15-32-22;/h1-5,8-10,12-13,30H,6-7,11,14-15H2;1H. The molecule has 1 saturated carbocycles. The highest BCUT2D eigenvalue weighted by Gasteiger charge is 2.51. The van der Waals surface area contributed by atoms with E-state index in [-0.39, 0.29) is 27.0 Å². The number of carbonyl (C=O) groups is 1. The molecule has 0 amide bonds. The van der Waals surface area contributed by atoms with Gasteiger partial charge in [0.25, 0.3) is 0 Å². The van der Waals surface area contributed by atoms with Gasteiger partial charge in [0.05, 0.1) is 17.6 Å². The van der Waals surface area contributed by atoms with E-state index in [1.807, 2.05) is 6.07 Å². The second-order valence-electron chi connectivity index (χ2n) is 8.52. The van der Waals surface area contributed by atoms with Crippen molar-refractivity contribution in [3.05, 3.63) is 82.9 Å². The molecular formula is C26H23F3O4. The highest BCUT2D eigenvalue weighted by Crippen LogP contribution is 2.51. The van der Waals surface area contributed by atoms with E-state index in [2.05, 4.69) is 0 Å². The van der Waals surface area contributed by atoms with Crippen LogP contribution in [0.5, 0.6) is 11.5 Å². The summed E-state index contributed by atoms with van der Waals surface area (Å²) < 4.78 is 51.7. The van der Waals surface area contributed by atoms with E-state index in [0.717, 1.165) is 17.7 Å². The van der Waals surface area contributed by atoms with Gasteiger partial charge in [0.1, 0.15) is 5.78 Å². The molecule has 1 fully saturated rings. The van der Waals surface area contributed by atoms with Gasteiger partial charge >= 0.3 is 6.18 Å². The molecule has 0 unspecified atom stereocenters. The fourth-order valence-electron chi connectivity index (χ4n) is 4.38. The van der Waals surface area contributed by atoms with Crippen molar-refractivity contribution in [2.75, 3.05) is 6.79 Å². The Morgan fingerprint density at radius 2 is 1.70 bits per heavy atom.